The van der Waals surface area contributed by atoms with Gasteiger partial charge in [-0.1, -0.05) is 12.1 Å². The summed E-state index contributed by atoms with van der Waals surface area (Å²) >= 11 is 0. The molecule has 156 valence electrons. The summed E-state index contributed by atoms with van der Waals surface area (Å²) in [4.78, 5) is 40.9. The molecule has 0 bridgehead atoms. The number of urea groups is 1. The molecular formula is C20H24FN3O5. The minimum absolute atomic E-state index is 0.300. The number of nitrogens with one attached hydrogen (secondary N) is 1. The lowest BCUT2D eigenvalue weighted by Gasteiger charge is -2.44. The van der Waals surface area contributed by atoms with Crippen molar-refractivity contribution < 1.29 is 28.2 Å². The lowest BCUT2D eigenvalue weighted by molar-refractivity contribution is -0.168. The van der Waals surface area contributed by atoms with Gasteiger partial charge in [-0.3, -0.25) is 14.5 Å². The highest BCUT2D eigenvalue weighted by Gasteiger charge is 2.50. The second-order valence-electron chi connectivity index (χ2n) is 7.91. The molecule has 1 N–H and O–H groups in total. The Morgan fingerprint density at radius 1 is 1.17 bits per heavy atom. The average Bonchev–Trinajstić information content (AvgIpc) is 2.93. The van der Waals surface area contributed by atoms with Crippen LogP contribution in [0.4, 0.5) is 9.18 Å². The third-order valence-corrected chi connectivity index (χ3v) is 6.00. The molecule has 29 heavy (non-hydrogen) atoms. The van der Waals surface area contributed by atoms with Gasteiger partial charge in [0.05, 0.1) is 12.2 Å². The number of amides is 4. The van der Waals surface area contributed by atoms with Crippen molar-refractivity contribution in [3.8, 4) is 0 Å². The molecule has 0 aromatic heterocycles. The molecule has 3 heterocycles. The molecule has 3 aliphatic heterocycles. The van der Waals surface area contributed by atoms with Crippen LogP contribution in [0.2, 0.25) is 0 Å². The summed E-state index contributed by atoms with van der Waals surface area (Å²) in [5.74, 6) is -1.27. The van der Waals surface area contributed by atoms with Gasteiger partial charge in [-0.05, 0) is 24.6 Å². The van der Waals surface area contributed by atoms with E-state index in [2.05, 4.69) is 5.32 Å². The highest BCUT2D eigenvalue weighted by molar-refractivity contribution is 6.09. The summed E-state index contributed by atoms with van der Waals surface area (Å²) < 4.78 is 24.6. The SMILES string of the molecule is CC1(c2ccc(F)cc2)NC(=O)N(CC(=O)N2CCOC3(CCOCC3)C2)C1=O. The number of morpholine rings is 1. The maximum atomic E-state index is 13.2. The van der Waals surface area contributed by atoms with E-state index in [4.69, 9.17) is 9.47 Å². The van der Waals surface area contributed by atoms with Crippen LogP contribution in [-0.2, 0) is 24.6 Å². The van der Waals surface area contributed by atoms with Gasteiger partial charge >= 0.3 is 6.03 Å². The summed E-state index contributed by atoms with van der Waals surface area (Å²) in [6, 6.07) is 4.74. The van der Waals surface area contributed by atoms with E-state index in [0.717, 1.165) is 4.90 Å². The third-order valence-electron chi connectivity index (χ3n) is 6.00. The first-order valence-electron chi connectivity index (χ1n) is 9.73. The zero-order valence-corrected chi connectivity index (χ0v) is 16.3. The number of carbonyl (C=O) groups excluding carboxylic acids is 3. The number of carbonyl (C=O) groups is 3. The van der Waals surface area contributed by atoms with Crippen LogP contribution >= 0.6 is 0 Å². The van der Waals surface area contributed by atoms with Gasteiger partial charge in [-0.2, -0.15) is 0 Å². The molecule has 3 saturated heterocycles. The van der Waals surface area contributed by atoms with E-state index in [1.807, 2.05) is 0 Å². The molecular weight excluding hydrogens is 381 g/mol. The standard InChI is InChI=1S/C20H24FN3O5/c1-19(14-2-4-15(21)5-3-14)17(26)24(18(27)22-19)12-16(25)23-8-11-29-20(13-23)6-9-28-10-7-20/h2-5H,6-13H2,1H3,(H,22,27). The number of hydrogen-bond donors (Lipinski definition) is 1. The van der Waals surface area contributed by atoms with E-state index in [1.165, 1.54) is 24.3 Å². The van der Waals surface area contributed by atoms with E-state index in [9.17, 15) is 18.8 Å². The zero-order chi connectivity index (χ0) is 20.6. The van der Waals surface area contributed by atoms with Gasteiger partial charge in [0, 0.05) is 39.1 Å². The van der Waals surface area contributed by atoms with Gasteiger partial charge in [0.15, 0.2) is 0 Å². The average molecular weight is 405 g/mol. The van der Waals surface area contributed by atoms with Crippen molar-refractivity contribution in [2.24, 2.45) is 0 Å². The first-order chi connectivity index (χ1) is 13.8. The van der Waals surface area contributed by atoms with Crippen molar-refractivity contribution in [3.63, 3.8) is 0 Å². The molecule has 1 aromatic rings. The van der Waals surface area contributed by atoms with Gasteiger partial charge in [0.1, 0.15) is 17.9 Å². The van der Waals surface area contributed by atoms with Crippen LogP contribution in [0.5, 0.6) is 0 Å². The fourth-order valence-corrected chi connectivity index (χ4v) is 4.16. The number of benzene rings is 1. The molecule has 4 amide bonds. The normalized spacial score (nSPS) is 26.7. The lowest BCUT2D eigenvalue weighted by atomic mass is 9.91. The molecule has 1 aromatic carbocycles. The Balaban J connectivity index is 1.46. The molecule has 0 aliphatic carbocycles. The van der Waals surface area contributed by atoms with E-state index >= 15 is 0 Å². The zero-order valence-electron chi connectivity index (χ0n) is 16.3. The Morgan fingerprint density at radius 2 is 1.86 bits per heavy atom. The minimum Gasteiger partial charge on any atom is -0.381 e. The van der Waals surface area contributed by atoms with Crippen LogP contribution in [0.15, 0.2) is 24.3 Å². The summed E-state index contributed by atoms with van der Waals surface area (Å²) in [6.07, 6.45) is 1.42. The molecule has 4 rings (SSSR count). The predicted octanol–water partition coefficient (Wildman–Crippen LogP) is 1.00. The van der Waals surface area contributed by atoms with Crippen LogP contribution in [0, 0.1) is 5.82 Å². The van der Waals surface area contributed by atoms with Crippen molar-refractivity contribution in [2.45, 2.75) is 30.9 Å². The first-order valence-corrected chi connectivity index (χ1v) is 9.73. The number of imide groups is 1. The quantitative estimate of drug-likeness (QED) is 0.758. The largest absolute Gasteiger partial charge is 0.381 e. The first kappa shape index (κ1) is 19.8. The monoisotopic (exact) mass is 405 g/mol. The number of halogens is 1. The lowest BCUT2D eigenvalue weighted by Crippen LogP contribution is -2.57. The maximum Gasteiger partial charge on any atom is 0.325 e. The summed E-state index contributed by atoms with van der Waals surface area (Å²) in [5, 5.41) is 2.63. The van der Waals surface area contributed by atoms with Crippen LogP contribution in [0.25, 0.3) is 0 Å². The number of ether oxygens (including phenoxy) is 2. The van der Waals surface area contributed by atoms with Crippen LogP contribution in [0.3, 0.4) is 0 Å². The second-order valence-corrected chi connectivity index (χ2v) is 7.91. The second kappa shape index (κ2) is 7.38. The maximum absolute atomic E-state index is 13.2. The van der Waals surface area contributed by atoms with Gasteiger partial charge in [0.25, 0.3) is 5.91 Å². The third kappa shape index (κ3) is 3.60. The Morgan fingerprint density at radius 3 is 2.55 bits per heavy atom. The summed E-state index contributed by atoms with van der Waals surface area (Å²) in [6.45, 7) is 3.65. The molecule has 0 radical (unpaired) electrons. The molecule has 8 nitrogen and oxygen atoms in total. The number of rotatable bonds is 3. The highest BCUT2D eigenvalue weighted by Crippen LogP contribution is 2.31. The summed E-state index contributed by atoms with van der Waals surface area (Å²) in [7, 11) is 0. The van der Waals surface area contributed by atoms with Crippen molar-refractivity contribution >= 4 is 17.8 Å². The molecule has 9 heteroatoms. The Kier molecular flexibility index (Phi) is 5.04. The van der Waals surface area contributed by atoms with Crippen LogP contribution in [-0.4, -0.2) is 72.7 Å². The topological polar surface area (TPSA) is 88.2 Å². The van der Waals surface area contributed by atoms with E-state index in [1.54, 1.807) is 11.8 Å². The van der Waals surface area contributed by atoms with Crippen molar-refractivity contribution in [1.82, 2.24) is 15.1 Å². The fraction of sp³-hybridized carbons (Fsp3) is 0.550. The van der Waals surface area contributed by atoms with E-state index in [0.29, 0.717) is 51.3 Å². The molecule has 3 fully saturated rings. The number of hydrogen-bond acceptors (Lipinski definition) is 5. The van der Waals surface area contributed by atoms with Crippen molar-refractivity contribution in [1.29, 1.82) is 0 Å². The number of nitrogens with zero attached hydrogens (tertiary/aromatic N) is 2. The van der Waals surface area contributed by atoms with Gasteiger partial charge in [-0.25, -0.2) is 9.18 Å². The molecule has 1 spiro atoms. The van der Waals surface area contributed by atoms with Crippen LogP contribution in [0.1, 0.15) is 25.3 Å². The minimum atomic E-state index is -1.34. The smallest absolute Gasteiger partial charge is 0.325 e. The Labute approximate surface area is 167 Å². The fourth-order valence-electron chi connectivity index (χ4n) is 4.16. The molecule has 1 unspecified atom stereocenters. The highest BCUT2D eigenvalue weighted by atomic mass is 19.1. The van der Waals surface area contributed by atoms with E-state index < -0.39 is 28.9 Å². The predicted molar refractivity (Wildman–Crippen MR) is 99.3 cm³/mol. The molecule has 0 saturated carbocycles. The Hall–Kier alpha value is -2.52. The molecule has 1 atom stereocenters. The van der Waals surface area contributed by atoms with Crippen molar-refractivity contribution in [3.05, 3.63) is 35.6 Å². The van der Waals surface area contributed by atoms with Gasteiger partial charge in [-0.15, -0.1) is 0 Å². The van der Waals surface area contributed by atoms with Gasteiger partial charge in [0.2, 0.25) is 5.91 Å². The van der Waals surface area contributed by atoms with Crippen molar-refractivity contribution in [2.75, 3.05) is 39.5 Å². The van der Waals surface area contributed by atoms with E-state index in [-0.39, 0.29) is 12.5 Å². The van der Waals surface area contributed by atoms with Gasteiger partial charge < -0.3 is 19.7 Å². The summed E-state index contributed by atoms with van der Waals surface area (Å²) in [5.41, 5.74) is -1.29. The molecule has 3 aliphatic rings. The van der Waals surface area contributed by atoms with Crippen LogP contribution < -0.4 is 5.32 Å². The Bertz CT molecular complexity index is 818.